The van der Waals surface area contributed by atoms with Gasteiger partial charge in [0.1, 0.15) is 0 Å². The van der Waals surface area contributed by atoms with Crippen molar-refractivity contribution in [3.63, 3.8) is 0 Å². The van der Waals surface area contributed by atoms with Crippen molar-refractivity contribution >= 4 is 17.5 Å². The minimum atomic E-state index is -0.109. The predicted molar refractivity (Wildman–Crippen MR) is 135 cm³/mol. The highest BCUT2D eigenvalue weighted by molar-refractivity contribution is 5.95. The van der Waals surface area contributed by atoms with Gasteiger partial charge < -0.3 is 19.9 Å². The van der Waals surface area contributed by atoms with Crippen molar-refractivity contribution in [3.8, 4) is 0 Å². The number of piperidine rings is 1. The third-order valence-corrected chi connectivity index (χ3v) is 6.23. The summed E-state index contributed by atoms with van der Waals surface area (Å²) in [5.41, 5.74) is 4.53. The van der Waals surface area contributed by atoms with E-state index in [1.54, 1.807) is 0 Å². The Kier molecular flexibility index (Phi) is 9.45. The van der Waals surface area contributed by atoms with Gasteiger partial charge in [0.15, 0.2) is 0 Å². The fourth-order valence-electron chi connectivity index (χ4n) is 4.26. The van der Waals surface area contributed by atoms with Crippen LogP contribution in [0.2, 0.25) is 0 Å². The first-order valence-corrected chi connectivity index (χ1v) is 12.3. The molecule has 2 aromatic rings. The number of ether oxygens (including phenoxy) is 1. The van der Waals surface area contributed by atoms with Gasteiger partial charge in [-0.1, -0.05) is 19.1 Å². The van der Waals surface area contributed by atoms with Crippen molar-refractivity contribution in [1.82, 2.24) is 15.2 Å². The van der Waals surface area contributed by atoms with Crippen molar-refractivity contribution in [2.24, 2.45) is 0 Å². The summed E-state index contributed by atoms with van der Waals surface area (Å²) in [6.45, 7) is 7.06. The standard InChI is InChI=1S/C27H38N4O3/c1-5-17-34-18-14-28-27(33)24-11-6-20(2)29-26(24)22-12-15-31(16-13-22)25(32)19-21-7-9-23(10-8-21)30(3)4/h6-11,22H,5,12-19H2,1-4H3,(H,28,33). The Morgan fingerprint density at radius 2 is 1.79 bits per heavy atom. The number of hydrogen-bond donors (Lipinski definition) is 1. The lowest BCUT2D eigenvalue weighted by molar-refractivity contribution is -0.131. The zero-order chi connectivity index (χ0) is 24.5. The van der Waals surface area contributed by atoms with Crippen molar-refractivity contribution in [2.45, 2.75) is 45.4 Å². The Morgan fingerprint density at radius 1 is 1.09 bits per heavy atom. The summed E-state index contributed by atoms with van der Waals surface area (Å²) < 4.78 is 5.46. The topological polar surface area (TPSA) is 74.8 Å². The third-order valence-electron chi connectivity index (χ3n) is 6.23. The van der Waals surface area contributed by atoms with Gasteiger partial charge in [0.2, 0.25) is 5.91 Å². The largest absolute Gasteiger partial charge is 0.380 e. The second kappa shape index (κ2) is 12.5. The molecule has 184 valence electrons. The van der Waals surface area contributed by atoms with Crippen LogP contribution in [0.4, 0.5) is 5.69 Å². The van der Waals surface area contributed by atoms with Crippen LogP contribution in [0.1, 0.15) is 59.4 Å². The van der Waals surface area contributed by atoms with Gasteiger partial charge in [0, 0.05) is 57.6 Å². The first-order valence-electron chi connectivity index (χ1n) is 12.3. The molecule has 0 radical (unpaired) electrons. The van der Waals surface area contributed by atoms with Crippen LogP contribution in [0.25, 0.3) is 0 Å². The minimum absolute atomic E-state index is 0.109. The number of benzene rings is 1. The van der Waals surface area contributed by atoms with Crippen LogP contribution < -0.4 is 10.2 Å². The Morgan fingerprint density at radius 3 is 2.44 bits per heavy atom. The Balaban J connectivity index is 1.57. The molecular weight excluding hydrogens is 428 g/mol. The SMILES string of the molecule is CCCOCCNC(=O)c1ccc(C)nc1C1CCN(C(=O)Cc2ccc(N(C)C)cc2)CC1. The molecule has 0 saturated carbocycles. The molecule has 1 saturated heterocycles. The first-order chi connectivity index (χ1) is 16.4. The third kappa shape index (κ3) is 7.03. The minimum Gasteiger partial charge on any atom is -0.380 e. The predicted octanol–water partition coefficient (Wildman–Crippen LogP) is 3.56. The molecule has 2 amide bonds. The second-order valence-electron chi connectivity index (χ2n) is 9.15. The van der Waals surface area contributed by atoms with E-state index in [4.69, 9.17) is 9.72 Å². The van der Waals surface area contributed by atoms with Gasteiger partial charge in [0.05, 0.1) is 24.3 Å². The van der Waals surface area contributed by atoms with E-state index in [2.05, 4.69) is 12.2 Å². The van der Waals surface area contributed by atoms with Crippen LogP contribution in [0, 0.1) is 6.92 Å². The Labute approximate surface area is 203 Å². The van der Waals surface area contributed by atoms with Gasteiger partial charge >= 0.3 is 0 Å². The number of carbonyl (C=O) groups is 2. The highest BCUT2D eigenvalue weighted by Crippen LogP contribution is 2.30. The summed E-state index contributed by atoms with van der Waals surface area (Å²) in [4.78, 5) is 34.4. The Hall–Kier alpha value is -2.93. The normalized spacial score (nSPS) is 14.2. The highest BCUT2D eigenvalue weighted by atomic mass is 16.5. The second-order valence-corrected chi connectivity index (χ2v) is 9.15. The average Bonchev–Trinajstić information content (AvgIpc) is 2.84. The molecule has 1 aromatic carbocycles. The molecule has 34 heavy (non-hydrogen) atoms. The van der Waals surface area contributed by atoms with Crippen LogP contribution in [0.15, 0.2) is 36.4 Å². The number of nitrogens with zero attached hydrogens (tertiary/aromatic N) is 3. The number of aryl methyl sites for hydroxylation is 1. The molecule has 0 bridgehead atoms. The molecule has 0 atom stereocenters. The molecule has 0 unspecified atom stereocenters. The van der Waals surface area contributed by atoms with Crippen molar-refractivity contribution in [1.29, 1.82) is 0 Å². The molecule has 2 heterocycles. The summed E-state index contributed by atoms with van der Waals surface area (Å²) in [5, 5.41) is 2.95. The number of pyridine rings is 1. The van der Waals surface area contributed by atoms with Crippen LogP contribution in [-0.2, 0) is 16.0 Å². The fraction of sp³-hybridized carbons (Fsp3) is 0.519. The average molecular weight is 467 g/mol. The van der Waals surface area contributed by atoms with Crippen LogP contribution >= 0.6 is 0 Å². The van der Waals surface area contributed by atoms with Crippen molar-refractivity contribution < 1.29 is 14.3 Å². The lowest BCUT2D eigenvalue weighted by Gasteiger charge is -2.32. The van der Waals surface area contributed by atoms with E-state index in [9.17, 15) is 9.59 Å². The number of rotatable bonds is 10. The molecule has 1 aliphatic rings. The number of amides is 2. The number of likely N-dealkylation sites (tertiary alicyclic amines) is 1. The molecule has 1 aliphatic heterocycles. The lowest BCUT2D eigenvalue weighted by Crippen LogP contribution is -2.39. The molecular formula is C27H38N4O3. The summed E-state index contributed by atoms with van der Waals surface area (Å²) in [6.07, 6.45) is 2.99. The van der Waals surface area contributed by atoms with Gasteiger partial charge in [-0.05, 0) is 56.0 Å². The van der Waals surface area contributed by atoms with E-state index < -0.39 is 0 Å². The maximum Gasteiger partial charge on any atom is 0.253 e. The summed E-state index contributed by atoms with van der Waals surface area (Å²) >= 11 is 0. The van der Waals surface area contributed by atoms with Crippen LogP contribution in [0.5, 0.6) is 0 Å². The number of nitrogens with one attached hydrogen (secondary N) is 1. The Bertz CT molecular complexity index is 951. The number of anilines is 1. The monoisotopic (exact) mass is 466 g/mol. The maximum atomic E-state index is 12.9. The van der Waals surface area contributed by atoms with Crippen LogP contribution in [-0.4, -0.2) is 68.6 Å². The van der Waals surface area contributed by atoms with Gasteiger partial charge in [0.25, 0.3) is 5.91 Å². The van der Waals surface area contributed by atoms with Gasteiger partial charge in [-0.15, -0.1) is 0 Å². The van der Waals surface area contributed by atoms with E-state index in [0.29, 0.717) is 44.8 Å². The molecule has 7 heteroatoms. The number of carbonyl (C=O) groups excluding carboxylic acids is 2. The summed E-state index contributed by atoms with van der Waals surface area (Å²) in [6, 6.07) is 11.9. The molecule has 0 aliphatic carbocycles. The first kappa shape index (κ1) is 25.7. The molecule has 3 rings (SSSR count). The quantitative estimate of drug-likeness (QED) is 0.542. The van der Waals surface area contributed by atoms with Crippen molar-refractivity contribution in [3.05, 3.63) is 58.9 Å². The highest BCUT2D eigenvalue weighted by Gasteiger charge is 2.28. The van der Waals surface area contributed by atoms with E-state index in [0.717, 1.165) is 41.9 Å². The summed E-state index contributed by atoms with van der Waals surface area (Å²) in [7, 11) is 4.01. The van der Waals surface area contributed by atoms with E-state index in [1.807, 2.05) is 67.2 Å². The van der Waals surface area contributed by atoms with E-state index in [1.165, 1.54) is 0 Å². The molecule has 1 N–H and O–H groups in total. The van der Waals surface area contributed by atoms with Gasteiger partial charge in [-0.3, -0.25) is 14.6 Å². The fourth-order valence-corrected chi connectivity index (χ4v) is 4.26. The van der Waals surface area contributed by atoms with Crippen LogP contribution in [0.3, 0.4) is 0 Å². The van der Waals surface area contributed by atoms with Gasteiger partial charge in [-0.2, -0.15) is 0 Å². The maximum absolute atomic E-state index is 12.9. The van der Waals surface area contributed by atoms with E-state index >= 15 is 0 Å². The number of aromatic nitrogens is 1. The molecule has 1 aromatic heterocycles. The smallest absolute Gasteiger partial charge is 0.253 e. The number of hydrogen-bond acceptors (Lipinski definition) is 5. The summed E-state index contributed by atoms with van der Waals surface area (Å²) in [5.74, 6) is 0.209. The van der Waals surface area contributed by atoms with Gasteiger partial charge in [-0.25, -0.2) is 0 Å². The molecule has 0 spiro atoms. The zero-order valence-corrected chi connectivity index (χ0v) is 21.0. The lowest BCUT2D eigenvalue weighted by atomic mass is 9.89. The molecule has 7 nitrogen and oxygen atoms in total. The zero-order valence-electron chi connectivity index (χ0n) is 21.0. The molecule has 1 fully saturated rings. The van der Waals surface area contributed by atoms with Crippen molar-refractivity contribution in [2.75, 3.05) is 51.8 Å². The van der Waals surface area contributed by atoms with E-state index in [-0.39, 0.29) is 17.7 Å².